The smallest absolute Gasteiger partial charge is 0.193 e. The quantitative estimate of drug-likeness (QED) is 0.345. The number of methoxy groups -OCH3 is 1. The maximum absolute atomic E-state index is 12.5. The third kappa shape index (κ3) is 6.66. The van der Waals surface area contributed by atoms with Crippen LogP contribution < -0.4 is 15.8 Å². The van der Waals surface area contributed by atoms with E-state index < -0.39 is 9.84 Å². The number of halogens is 1. The highest BCUT2D eigenvalue weighted by Crippen LogP contribution is 2.24. The van der Waals surface area contributed by atoms with Crippen molar-refractivity contribution in [1.82, 2.24) is 0 Å². The molecule has 0 heterocycles. The lowest BCUT2D eigenvalue weighted by molar-refractivity contribution is 0.417. The van der Waals surface area contributed by atoms with Crippen LogP contribution in [-0.4, -0.2) is 33.8 Å². The molecule has 0 spiro atoms. The summed E-state index contributed by atoms with van der Waals surface area (Å²) in [5, 5.41) is 2.92. The minimum absolute atomic E-state index is 0. The van der Waals surface area contributed by atoms with E-state index in [0.29, 0.717) is 16.3 Å². The molecule has 0 bridgehead atoms. The average Bonchev–Trinajstić information content (AvgIpc) is 2.61. The summed E-state index contributed by atoms with van der Waals surface area (Å²) in [6.45, 7) is 6.32. The maximum Gasteiger partial charge on any atom is 0.193 e. The molecule has 2 aromatic rings. The van der Waals surface area contributed by atoms with Crippen molar-refractivity contribution in [2.75, 3.05) is 24.7 Å². The first-order valence-electron chi connectivity index (χ1n) is 8.67. The lowest BCUT2D eigenvalue weighted by Gasteiger charge is -2.19. The first-order valence-corrected chi connectivity index (χ1v) is 10.3. The van der Waals surface area contributed by atoms with Crippen molar-refractivity contribution in [1.29, 1.82) is 0 Å². The Kier molecular flexibility index (Phi) is 8.75. The molecule has 0 fully saturated rings. The molecule has 0 aliphatic rings. The van der Waals surface area contributed by atoms with E-state index in [0.717, 1.165) is 5.56 Å². The average molecular weight is 517 g/mol. The van der Waals surface area contributed by atoms with Crippen molar-refractivity contribution in [3.8, 4) is 5.75 Å². The van der Waals surface area contributed by atoms with Crippen LogP contribution in [0.25, 0.3) is 0 Å². The molecule has 0 saturated heterocycles. The first-order chi connectivity index (χ1) is 12.6. The van der Waals surface area contributed by atoms with Gasteiger partial charge in [-0.3, -0.25) is 4.99 Å². The number of sulfone groups is 1. The second-order valence-electron chi connectivity index (χ2n) is 7.19. The molecule has 0 aliphatic heterocycles. The number of hydrogen-bond acceptors (Lipinski definition) is 4. The van der Waals surface area contributed by atoms with Gasteiger partial charge in [0, 0.05) is 0 Å². The van der Waals surface area contributed by atoms with Crippen LogP contribution in [0, 0.1) is 0 Å². The summed E-state index contributed by atoms with van der Waals surface area (Å²) in [7, 11) is -1.86. The SMILES string of the molecule is COc1ccccc1NC(N)=NCCS(=O)(=O)c1ccc(C(C)(C)C)cc1.I. The van der Waals surface area contributed by atoms with Gasteiger partial charge in [0.15, 0.2) is 15.8 Å². The van der Waals surface area contributed by atoms with Crippen LogP contribution in [0.5, 0.6) is 5.75 Å². The fourth-order valence-corrected chi connectivity index (χ4v) is 3.61. The van der Waals surface area contributed by atoms with E-state index in [4.69, 9.17) is 10.5 Å². The molecule has 0 aromatic heterocycles. The number of benzene rings is 2. The highest BCUT2D eigenvalue weighted by Gasteiger charge is 2.17. The molecular weight excluding hydrogens is 489 g/mol. The summed E-state index contributed by atoms with van der Waals surface area (Å²) in [4.78, 5) is 4.40. The van der Waals surface area contributed by atoms with E-state index in [1.54, 1.807) is 31.4 Å². The van der Waals surface area contributed by atoms with Crippen LogP contribution in [-0.2, 0) is 15.3 Å². The molecule has 2 aromatic carbocycles. The van der Waals surface area contributed by atoms with E-state index in [9.17, 15) is 8.42 Å². The molecule has 154 valence electrons. The van der Waals surface area contributed by atoms with E-state index >= 15 is 0 Å². The molecule has 0 saturated carbocycles. The number of ether oxygens (including phenoxy) is 1. The predicted molar refractivity (Wildman–Crippen MR) is 126 cm³/mol. The third-order valence-electron chi connectivity index (χ3n) is 4.09. The molecule has 0 aliphatic carbocycles. The second-order valence-corrected chi connectivity index (χ2v) is 9.29. The van der Waals surface area contributed by atoms with Gasteiger partial charge in [0.2, 0.25) is 0 Å². The lowest BCUT2D eigenvalue weighted by atomic mass is 9.87. The lowest BCUT2D eigenvalue weighted by Crippen LogP contribution is -2.24. The number of hydrogen-bond donors (Lipinski definition) is 2. The Morgan fingerprint density at radius 2 is 1.71 bits per heavy atom. The zero-order valence-electron chi connectivity index (χ0n) is 16.6. The van der Waals surface area contributed by atoms with Crippen LogP contribution in [0.15, 0.2) is 58.4 Å². The van der Waals surface area contributed by atoms with Crippen LogP contribution in [0.4, 0.5) is 5.69 Å². The van der Waals surface area contributed by atoms with E-state index in [-0.39, 0.29) is 47.6 Å². The summed E-state index contributed by atoms with van der Waals surface area (Å²) in [6.07, 6.45) is 0. The van der Waals surface area contributed by atoms with Crippen molar-refractivity contribution in [3.05, 3.63) is 54.1 Å². The van der Waals surface area contributed by atoms with Gasteiger partial charge in [-0.1, -0.05) is 45.0 Å². The van der Waals surface area contributed by atoms with Gasteiger partial charge >= 0.3 is 0 Å². The van der Waals surface area contributed by atoms with Gasteiger partial charge in [-0.25, -0.2) is 8.42 Å². The molecular formula is C20H28IN3O3S. The Morgan fingerprint density at radius 1 is 1.11 bits per heavy atom. The number of nitrogens with two attached hydrogens (primary N) is 1. The van der Waals surface area contributed by atoms with Crippen LogP contribution in [0.3, 0.4) is 0 Å². The molecule has 6 nitrogen and oxygen atoms in total. The Hall–Kier alpha value is -1.81. The largest absolute Gasteiger partial charge is 0.495 e. The molecule has 0 amide bonds. The molecule has 0 unspecified atom stereocenters. The van der Waals surface area contributed by atoms with Crippen LogP contribution >= 0.6 is 24.0 Å². The van der Waals surface area contributed by atoms with Gasteiger partial charge < -0.3 is 15.8 Å². The summed E-state index contributed by atoms with van der Waals surface area (Å²) < 4.78 is 30.2. The number of anilines is 1. The molecule has 8 heteroatoms. The van der Waals surface area contributed by atoms with E-state index in [1.807, 2.05) is 24.3 Å². The molecule has 0 atom stereocenters. The number of para-hydroxylation sites is 2. The Morgan fingerprint density at radius 3 is 2.29 bits per heavy atom. The summed E-state index contributed by atoms with van der Waals surface area (Å²) in [5.74, 6) is 0.649. The van der Waals surface area contributed by atoms with Gasteiger partial charge in [-0.05, 0) is 35.2 Å². The maximum atomic E-state index is 12.5. The second kappa shape index (κ2) is 10.1. The molecule has 2 rings (SSSR count). The zero-order valence-corrected chi connectivity index (χ0v) is 19.7. The fourth-order valence-electron chi connectivity index (χ4n) is 2.49. The summed E-state index contributed by atoms with van der Waals surface area (Å²) in [5.41, 5.74) is 7.59. The number of nitrogens with zero attached hydrogens (tertiary/aromatic N) is 1. The highest BCUT2D eigenvalue weighted by atomic mass is 127. The van der Waals surface area contributed by atoms with Crippen LogP contribution in [0.2, 0.25) is 0 Å². The predicted octanol–water partition coefficient (Wildman–Crippen LogP) is 3.81. The van der Waals surface area contributed by atoms with E-state index in [2.05, 4.69) is 31.1 Å². The normalized spacial score (nSPS) is 12.2. The Labute approximate surface area is 184 Å². The first kappa shape index (κ1) is 24.2. The van der Waals surface area contributed by atoms with Gasteiger partial charge in [-0.2, -0.15) is 0 Å². The summed E-state index contributed by atoms with van der Waals surface area (Å²) in [6, 6.07) is 14.3. The van der Waals surface area contributed by atoms with Crippen molar-refractivity contribution < 1.29 is 13.2 Å². The minimum atomic E-state index is -3.42. The molecule has 0 radical (unpaired) electrons. The van der Waals surface area contributed by atoms with Crippen molar-refractivity contribution in [2.45, 2.75) is 31.1 Å². The minimum Gasteiger partial charge on any atom is -0.495 e. The molecule has 28 heavy (non-hydrogen) atoms. The Balaban J connectivity index is 0.00000392. The number of nitrogens with one attached hydrogen (secondary N) is 1. The topological polar surface area (TPSA) is 93.8 Å². The number of rotatable bonds is 6. The molecule has 3 N–H and O–H groups in total. The van der Waals surface area contributed by atoms with Crippen molar-refractivity contribution >= 4 is 45.5 Å². The summed E-state index contributed by atoms with van der Waals surface area (Å²) >= 11 is 0. The monoisotopic (exact) mass is 517 g/mol. The fraction of sp³-hybridized carbons (Fsp3) is 0.350. The van der Waals surface area contributed by atoms with Gasteiger partial charge in [0.05, 0.1) is 30.0 Å². The van der Waals surface area contributed by atoms with E-state index in [1.165, 1.54) is 0 Å². The number of aliphatic imine (C=N–C) groups is 1. The standard InChI is InChI=1S/C20H27N3O3S.HI/c1-20(2,3)15-9-11-16(12-10-15)27(24,25)14-13-22-19(21)23-17-7-5-6-8-18(17)26-4;/h5-12H,13-14H2,1-4H3,(H3,21,22,23);1H. The highest BCUT2D eigenvalue weighted by molar-refractivity contribution is 14.0. The number of guanidine groups is 1. The van der Waals surface area contributed by atoms with Crippen molar-refractivity contribution in [3.63, 3.8) is 0 Å². The Bertz CT molecular complexity index is 905. The van der Waals surface area contributed by atoms with Crippen LogP contribution in [0.1, 0.15) is 26.3 Å². The third-order valence-corrected chi connectivity index (χ3v) is 5.80. The van der Waals surface area contributed by atoms with Gasteiger partial charge in [0.1, 0.15) is 5.75 Å². The van der Waals surface area contributed by atoms with Gasteiger partial charge in [0.25, 0.3) is 0 Å². The van der Waals surface area contributed by atoms with Gasteiger partial charge in [-0.15, -0.1) is 24.0 Å². The zero-order chi connectivity index (χ0) is 20.1. The van der Waals surface area contributed by atoms with Crippen molar-refractivity contribution in [2.24, 2.45) is 10.7 Å².